The lowest BCUT2D eigenvalue weighted by Crippen LogP contribution is -2.09. The van der Waals surface area contributed by atoms with E-state index in [0.717, 1.165) is 36.7 Å². The lowest BCUT2D eigenvalue weighted by Gasteiger charge is -2.01. The Labute approximate surface area is 118 Å². The first-order valence-electron chi connectivity index (χ1n) is 6.52. The van der Waals surface area contributed by atoms with Crippen LogP contribution in [-0.4, -0.2) is 32.3 Å². The van der Waals surface area contributed by atoms with Crippen molar-refractivity contribution in [1.29, 1.82) is 0 Å². The molecule has 0 unspecified atom stereocenters. The summed E-state index contributed by atoms with van der Waals surface area (Å²) in [4.78, 5) is 6.13. The summed E-state index contributed by atoms with van der Waals surface area (Å²) in [6.07, 6.45) is 1.91. The minimum atomic E-state index is 0.729. The fourth-order valence-electron chi connectivity index (χ4n) is 1.93. The zero-order valence-electron chi connectivity index (χ0n) is 11.5. The summed E-state index contributed by atoms with van der Waals surface area (Å²) in [7, 11) is 3.71. The van der Waals surface area contributed by atoms with E-state index in [-0.39, 0.29) is 0 Å². The number of methoxy groups -OCH3 is 1. The number of likely N-dealkylation sites (N-methyl/N-ethyl adjacent to an activating group) is 1. The van der Waals surface area contributed by atoms with Gasteiger partial charge in [-0.25, -0.2) is 4.98 Å². The van der Waals surface area contributed by atoms with E-state index in [0.29, 0.717) is 0 Å². The molecule has 3 nitrogen and oxygen atoms in total. The number of thiazole rings is 1. The molecule has 0 amide bonds. The SMILES string of the molecule is CNCCc1sc(CCOC)nc1-c1ccccc1. The van der Waals surface area contributed by atoms with Crippen molar-refractivity contribution in [1.82, 2.24) is 10.3 Å². The number of aromatic nitrogens is 1. The predicted molar refractivity (Wildman–Crippen MR) is 80.8 cm³/mol. The van der Waals surface area contributed by atoms with Crippen LogP contribution in [0.4, 0.5) is 0 Å². The molecular weight excluding hydrogens is 256 g/mol. The average molecular weight is 276 g/mol. The third-order valence-electron chi connectivity index (χ3n) is 2.91. The lowest BCUT2D eigenvalue weighted by molar-refractivity contribution is 0.202. The van der Waals surface area contributed by atoms with Crippen LogP contribution < -0.4 is 5.32 Å². The standard InChI is InChI=1S/C15H20N2OS/c1-16-10-8-13-15(12-6-4-3-5-7-12)17-14(19-13)9-11-18-2/h3-7,16H,8-11H2,1-2H3. The van der Waals surface area contributed by atoms with Crippen LogP contribution in [0, 0.1) is 0 Å². The average Bonchev–Trinajstić information content (AvgIpc) is 2.87. The Morgan fingerprint density at radius 2 is 2.00 bits per heavy atom. The van der Waals surface area contributed by atoms with E-state index in [9.17, 15) is 0 Å². The molecule has 0 saturated carbocycles. The smallest absolute Gasteiger partial charge is 0.0958 e. The molecule has 19 heavy (non-hydrogen) atoms. The Morgan fingerprint density at radius 1 is 1.21 bits per heavy atom. The van der Waals surface area contributed by atoms with Crippen LogP contribution in [-0.2, 0) is 17.6 Å². The van der Waals surface area contributed by atoms with Gasteiger partial charge in [-0.1, -0.05) is 30.3 Å². The predicted octanol–water partition coefficient (Wildman–Crippen LogP) is 2.76. The fraction of sp³-hybridized carbons (Fsp3) is 0.400. The number of nitrogens with zero attached hydrogens (tertiary/aromatic N) is 1. The quantitative estimate of drug-likeness (QED) is 0.844. The number of benzene rings is 1. The van der Waals surface area contributed by atoms with Gasteiger partial charge in [0.05, 0.1) is 17.3 Å². The second-order valence-electron chi connectivity index (χ2n) is 4.34. The second kappa shape index (κ2) is 7.38. The van der Waals surface area contributed by atoms with E-state index in [2.05, 4.69) is 29.6 Å². The summed E-state index contributed by atoms with van der Waals surface area (Å²) in [5.74, 6) is 0. The van der Waals surface area contributed by atoms with Gasteiger partial charge in [0.2, 0.25) is 0 Å². The van der Waals surface area contributed by atoms with Gasteiger partial charge in [-0.05, 0) is 20.0 Å². The Kier molecular flexibility index (Phi) is 5.51. The molecule has 1 aromatic carbocycles. The molecule has 0 bridgehead atoms. The van der Waals surface area contributed by atoms with Crippen LogP contribution in [0.5, 0.6) is 0 Å². The summed E-state index contributed by atoms with van der Waals surface area (Å²) in [6.45, 7) is 1.71. The Balaban J connectivity index is 2.25. The van der Waals surface area contributed by atoms with Crippen LogP contribution in [0.2, 0.25) is 0 Å². The highest BCUT2D eigenvalue weighted by atomic mass is 32.1. The maximum Gasteiger partial charge on any atom is 0.0958 e. The normalized spacial score (nSPS) is 10.8. The van der Waals surface area contributed by atoms with Crippen LogP contribution in [0.1, 0.15) is 9.88 Å². The van der Waals surface area contributed by atoms with Crippen molar-refractivity contribution in [3.05, 3.63) is 40.2 Å². The van der Waals surface area contributed by atoms with Crippen molar-refractivity contribution in [3.63, 3.8) is 0 Å². The van der Waals surface area contributed by atoms with E-state index >= 15 is 0 Å². The molecule has 0 aliphatic carbocycles. The zero-order chi connectivity index (χ0) is 13.5. The summed E-state index contributed by atoms with van der Waals surface area (Å²) < 4.78 is 5.14. The van der Waals surface area contributed by atoms with Crippen LogP contribution in [0.25, 0.3) is 11.3 Å². The highest BCUT2D eigenvalue weighted by Crippen LogP contribution is 2.28. The topological polar surface area (TPSA) is 34.1 Å². The van der Waals surface area contributed by atoms with Gasteiger partial charge in [-0.2, -0.15) is 0 Å². The number of hydrogen-bond donors (Lipinski definition) is 1. The van der Waals surface area contributed by atoms with E-state index in [1.54, 1.807) is 18.4 Å². The van der Waals surface area contributed by atoms with Gasteiger partial charge in [0.15, 0.2) is 0 Å². The summed E-state index contributed by atoms with van der Waals surface area (Å²) in [5, 5.41) is 4.36. The maximum absolute atomic E-state index is 5.14. The molecule has 0 aliphatic rings. The first kappa shape index (κ1) is 14.2. The van der Waals surface area contributed by atoms with E-state index < -0.39 is 0 Å². The number of ether oxygens (including phenoxy) is 1. The zero-order valence-corrected chi connectivity index (χ0v) is 12.3. The molecule has 0 saturated heterocycles. The summed E-state index contributed by atoms with van der Waals surface area (Å²) in [5.41, 5.74) is 2.33. The van der Waals surface area contributed by atoms with Crippen molar-refractivity contribution in [2.24, 2.45) is 0 Å². The van der Waals surface area contributed by atoms with Crippen molar-refractivity contribution in [3.8, 4) is 11.3 Å². The molecule has 2 rings (SSSR count). The summed E-state index contributed by atoms with van der Waals surface area (Å²) >= 11 is 1.80. The number of nitrogens with one attached hydrogen (secondary N) is 1. The highest BCUT2D eigenvalue weighted by Gasteiger charge is 2.12. The monoisotopic (exact) mass is 276 g/mol. The first-order valence-corrected chi connectivity index (χ1v) is 7.34. The van der Waals surface area contributed by atoms with E-state index in [4.69, 9.17) is 9.72 Å². The largest absolute Gasteiger partial charge is 0.384 e. The van der Waals surface area contributed by atoms with Gasteiger partial charge >= 0.3 is 0 Å². The second-order valence-corrected chi connectivity index (χ2v) is 5.51. The molecule has 1 heterocycles. The lowest BCUT2D eigenvalue weighted by atomic mass is 10.1. The van der Waals surface area contributed by atoms with E-state index in [1.807, 2.05) is 13.1 Å². The fourth-order valence-corrected chi connectivity index (χ4v) is 3.00. The number of hydrogen-bond acceptors (Lipinski definition) is 4. The van der Waals surface area contributed by atoms with Gasteiger partial charge in [0.1, 0.15) is 0 Å². The van der Waals surface area contributed by atoms with Crippen LogP contribution >= 0.6 is 11.3 Å². The van der Waals surface area contributed by atoms with Gasteiger partial charge in [0, 0.05) is 24.0 Å². The molecule has 1 N–H and O–H groups in total. The molecule has 102 valence electrons. The maximum atomic E-state index is 5.14. The Bertz CT molecular complexity index is 496. The van der Waals surface area contributed by atoms with Gasteiger partial charge in [0.25, 0.3) is 0 Å². The molecule has 0 fully saturated rings. The minimum absolute atomic E-state index is 0.729. The molecule has 0 aliphatic heterocycles. The molecule has 0 spiro atoms. The van der Waals surface area contributed by atoms with Gasteiger partial charge in [-0.3, -0.25) is 0 Å². The van der Waals surface area contributed by atoms with Crippen LogP contribution in [0.3, 0.4) is 0 Å². The van der Waals surface area contributed by atoms with Crippen LogP contribution in [0.15, 0.2) is 30.3 Å². The molecule has 4 heteroatoms. The van der Waals surface area contributed by atoms with Gasteiger partial charge < -0.3 is 10.1 Å². The molecule has 0 radical (unpaired) electrons. The molecule has 0 atom stereocenters. The van der Waals surface area contributed by atoms with Crippen molar-refractivity contribution < 1.29 is 4.74 Å². The Morgan fingerprint density at radius 3 is 2.68 bits per heavy atom. The van der Waals surface area contributed by atoms with E-state index in [1.165, 1.54) is 10.4 Å². The van der Waals surface area contributed by atoms with Crippen molar-refractivity contribution in [2.75, 3.05) is 27.3 Å². The third-order valence-corrected chi connectivity index (χ3v) is 4.09. The van der Waals surface area contributed by atoms with Crippen molar-refractivity contribution >= 4 is 11.3 Å². The molecule has 2 aromatic rings. The number of rotatable bonds is 7. The third kappa shape index (κ3) is 3.86. The summed E-state index contributed by atoms with van der Waals surface area (Å²) in [6, 6.07) is 10.4. The molecule has 1 aromatic heterocycles. The van der Waals surface area contributed by atoms with Gasteiger partial charge in [-0.15, -0.1) is 11.3 Å². The van der Waals surface area contributed by atoms with Crippen molar-refractivity contribution in [2.45, 2.75) is 12.8 Å². The Hall–Kier alpha value is -1.23. The molecular formula is C15H20N2OS. The highest BCUT2D eigenvalue weighted by molar-refractivity contribution is 7.12. The minimum Gasteiger partial charge on any atom is -0.384 e. The first-order chi connectivity index (χ1) is 9.35.